The molecular weight excluding hydrogens is 364 g/mol. The smallest absolute Gasteiger partial charge is 0.410 e. The molecule has 2 aromatic rings. The maximum Gasteiger partial charge on any atom is 0.410 e. The maximum absolute atomic E-state index is 12.7. The monoisotopic (exact) mass is 396 g/mol. The molecule has 0 unspecified atom stereocenters. The average Bonchev–Trinajstić information content (AvgIpc) is 2.67. The van der Waals surface area contributed by atoms with Crippen molar-refractivity contribution in [1.82, 2.24) is 10.2 Å². The first kappa shape index (κ1) is 21.2. The molecule has 29 heavy (non-hydrogen) atoms. The molecule has 1 N–H and O–H groups in total. The molecule has 0 saturated carbocycles. The van der Waals surface area contributed by atoms with E-state index in [1.165, 1.54) is 0 Å². The summed E-state index contributed by atoms with van der Waals surface area (Å²) in [7, 11) is 0. The van der Waals surface area contributed by atoms with E-state index in [4.69, 9.17) is 4.74 Å². The van der Waals surface area contributed by atoms with E-state index in [0.29, 0.717) is 19.5 Å². The SMILES string of the molecule is C[C@@H](NC(=O)Cc1cccc2ccccc12)[C@H]1CCCN(C(=O)OC(C)(C)C)C1. The lowest BCUT2D eigenvalue weighted by atomic mass is 9.91. The molecule has 0 aliphatic carbocycles. The van der Waals surface area contributed by atoms with Crippen LogP contribution in [0.15, 0.2) is 42.5 Å². The van der Waals surface area contributed by atoms with Crippen molar-refractivity contribution in [3.05, 3.63) is 48.0 Å². The predicted octanol–water partition coefficient (Wildman–Crippen LogP) is 4.53. The number of rotatable bonds is 4. The second kappa shape index (κ2) is 8.85. The van der Waals surface area contributed by atoms with Gasteiger partial charge >= 0.3 is 6.09 Å². The first-order chi connectivity index (χ1) is 13.7. The summed E-state index contributed by atoms with van der Waals surface area (Å²) in [6, 6.07) is 14.2. The molecule has 0 spiro atoms. The maximum atomic E-state index is 12.7. The molecule has 1 aliphatic heterocycles. The zero-order valence-corrected chi connectivity index (χ0v) is 17.9. The van der Waals surface area contributed by atoms with Crippen molar-refractivity contribution >= 4 is 22.8 Å². The van der Waals surface area contributed by atoms with Gasteiger partial charge < -0.3 is 15.0 Å². The lowest BCUT2D eigenvalue weighted by molar-refractivity contribution is -0.121. The number of nitrogens with zero attached hydrogens (tertiary/aromatic N) is 1. The number of nitrogens with one attached hydrogen (secondary N) is 1. The summed E-state index contributed by atoms with van der Waals surface area (Å²) in [6.07, 6.45) is 2.01. The third-order valence-corrected chi connectivity index (χ3v) is 5.44. The van der Waals surface area contributed by atoms with Gasteiger partial charge in [0.05, 0.1) is 6.42 Å². The average molecular weight is 397 g/mol. The Morgan fingerprint density at radius 2 is 1.90 bits per heavy atom. The van der Waals surface area contributed by atoms with Crippen LogP contribution in [0.2, 0.25) is 0 Å². The lowest BCUT2D eigenvalue weighted by Crippen LogP contribution is -2.49. The molecule has 2 aromatic carbocycles. The quantitative estimate of drug-likeness (QED) is 0.826. The van der Waals surface area contributed by atoms with E-state index in [1.807, 2.05) is 52.0 Å². The van der Waals surface area contributed by atoms with Gasteiger partial charge in [-0.3, -0.25) is 4.79 Å². The van der Waals surface area contributed by atoms with Gasteiger partial charge in [0.2, 0.25) is 5.91 Å². The van der Waals surface area contributed by atoms with Gasteiger partial charge in [-0.05, 0) is 62.8 Å². The highest BCUT2D eigenvalue weighted by atomic mass is 16.6. The number of hydrogen-bond acceptors (Lipinski definition) is 3. The summed E-state index contributed by atoms with van der Waals surface area (Å²) in [6.45, 7) is 8.99. The minimum Gasteiger partial charge on any atom is -0.444 e. The Bertz CT molecular complexity index is 867. The Morgan fingerprint density at radius 1 is 1.17 bits per heavy atom. The van der Waals surface area contributed by atoms with Crippen LogP contribution in [0.4, 0.5) is 4.79 Å². The Kier molecular flexibility index (Phi) is 6.46. The fourth-order valence-electron chi connectivity index (χ4n) is 3.95. The van der Waals surface area contributed by atoms with E-state index in [9.17, 15) is 9.59 Å². The highest BCUT2D eigenvalue weighted by molar-refractivity contribution is 5.90. The third-order valence-electron chi connectivity index (χ3n) is 5.44. The zero-order valence-electron chi connectivity index (χ0n) is 17.9. The number of benzene rings is 2. The van der Waals surface area contributed by atoms with Crippen LogP contribution in [0, 0.1) is 5.92 Å². The zero-order chi connectivity index (χ0) is 21.0. The molecular formula is C24H32N2O3. The molecule has 3 rings (SSSR count). The van der Waals surface area contributed by atoms with Crippen molar-refractivity contribution in [2.24, 2.45) is 5.92 Å². The Morgan fingerprint density at radius 3 is 2.66 bits per heavy atom. The minimum atomic E-state index is -0.498. The number of likely N-dealkylation sites (tertiary alicyclic amines) is 1. The molecule has 1 aliphatic rings. The number of piperidine rings is 1. The fourth-order valence-corrected chi connectivity index (χ4v) is 3.95. The van der Waals surface area contributed by atoms with E-state index in [2.05, 4.69) is 23.5 Å². The topological polar surface area (TPSA) is 58.6 Å². The van der Waals surface area contributed by atoms with Crippen LogP contribution in [0.5, 0.6) is 0 Å². The van der Waals surface area contributed by atoms with Crippen LogP contribution in [-0.4, -0.2) is 41.6 Å². The number of carbonyl (C=O) groups excluding carboxylic acids is 2. The molecule has 2 atom stereocenters. The largest absolute Gasteiger partial charge is 0.444 e. The molecule has 0 bridgehead atoms. The van der Waals surface area contributed by atoms with Gasteiger partial charge in [-0.25, -0.2) is 4.79 Å². The van der Waals surface area contributed by atoms with Gasteiger partial charge in [0.1, 0.15) is 5.60 Å². The van der Waals surface area contributed by atoms with Gasteiger partial charge in [-0.1, -0.05) is 42.5 Å². The van der Waals surface area contributed by atoms with E-state index in [1.54, 1.807) is 4.90 Å². The standard InChI is InChI=1S/C24H32N2O3/c1-17(20-12-8-14-26(16-20)23(28)29-24(2,3)4)25-22(27)15-19-11-7-10-18-9-5-6-13-21(18)19/h5-7,9-11,13,17,20H,8,12,14-16H2,1-4H3,(H,25,27)/t17-,20+/m1/s1. The van der Waals surface area contributed by atoms with E-state index >= 15 is 0 Å². The van der Waals surface area contributed by atoms with E-state index in [0.717, 1.165) is 29.2 Å². The second-order valence-corrected chi connectivity index (χ2v) is 9.00. The molecule has 156 valence electrons. The fraction of sp³-hybridized carbons (Fsp3) is 0.500. The predicted molar refractivity (Wildman–Crippen MR) is 116 cm³/mol. The van der Waals surface area contributed by atoms with Crippen molar-refractivity contribution in [3.8, 4) is 0 Å². The van der Waals surface area contributed by atoms with Crippen LogP contribution >= 0.6 is 0 Å². The number of carbonyl (C=O) groups is 2. The number of ether oxygens (including phenoxy) is 1. The van der Waals surface area contributed by atoms with Crippen molar-refractivity contribution in [3.63, 3.8) is 0 Å². The molecule has 1 fully saturated rings. The van der Waals surface area contributed by atoms with Gasteiger partial charge in [0.25, 0.3) is 0 Å². The van der Waals surface area contributed by atoms with Crippen LogP contribution in [0.3, 0.4) is 0 Å². The number of hydrogen-bond donors (Lipinski definition) is 1. The molecule has 5 heteroatoms. The van der Waals surface area contributed by atoms with Crippen LogP contribution < -0.4 is 5.32 Å². The Balaban J connectivity index is 1.58. The number of amides is 2. The van der Waals surface area contributed by atoms with E-state index < -0.39 is 5.60 Å². The van der Waals surface area contributed by atoms with Crippen LogP contribution in [0.1, 0.15) is 46.1 Å². The van der Waals surface area contributed by atoms with Gasteiger partial charge in [-0.2, -0.15) is 0 Å². The summed E-state index contributed by atoms with van der Waals surface area (Å²) in [5.74, 6) is 0.246. The van der Waals surface area contributed by atoms with Gasteiger partial charge in [0, 0.05) is 19.1 Å². The first-order valence-electron chi connectivity index (χ1n) is 10.5. The molecule has 0 radical (unpaired) electrons. The number of fused-ring (bicyclic) bond motifs is 1. The summed E-state index contributed by atoms with van der Waals surface area (Å²) >= 11 is 0. The summed E-state index contributed by atoms with van der Waals surface area (Å²) in [5, 5.41) is 5.41. The Hall–Kier alpha value is -2.56. The van der Waals surface area contributed by atoms with Crippen molar-refractivity contribution < 1.29 is 14.3 Å². The minimum absolute atomic E-state index is 0.00251. The highest BCUT2D eigenvalue weighted by Crippen LogP contribution is 2.23. The second-order valence-electron chi connectivity index (χ2n) is 9.00. The van der Waals surface area contributed by atoms with Crippen LogP contribution in [0.25, 0.3) is 10.8 Å². The first-order valence-corrected chi connectivity index (χ1v) is 10.5. The molecule has 1 heterocycles. The summed E-state index contributed by atoms with van der Waals surface area (Å²) < 4.78 is 5.51. The van der Waals surface area contributed by atoms with Crippen LogP contribution in [-0.2, 0) is 16.0 Å². The highest BCUT2D eigenvalue weighted by Gasteiger charge is 2.30. The van der Waals surface area contributed by atoms with Gasteiger partial charge in [-0.15, -0.1) is 0 Å². The van der Waals surface area contributed by atoms with Crippen molar-refractivity contribution in [2.45, 2.75) is 58.6 Å². The summed E-state index contributed by atoms with van der Waals surface area (Å²) in [4.78, 5) is 26.9. The van der Waals surface area contributed by atoms with Crippen molar-refractivity contribution in [1.29, 1.82) is 0 Å². The van der Waals surface area contributed by atoms with Crippen molar-refractivity contribution in [2.75, 3.05) is 13.1 Å². The molecule has 2 amide bonds. The molecule has 5 nitrogen and oxygen atoms in total. The normalized spacial score (nSPS) is 18.3. The van der Waals surface area contributed by atoms with E-state index in [-0.39, 0.29) is 24.0 Å². The molecule has 1 saturated heterocycles. The van der Waals surface area contributed by atoms with Gasteiger partial charge in [0.15, 0.2) is 0 Å². The lowest BCUT2D eigenvalue weighted by Gasteiger charge is -2.36. The Labute approximate surface area is 173 Å². The summed E-state index contributed by atoms with van der Waals surface area (Å²) in [5.41, 5.74) is 0.536. The third kappa shape index (κ3) is 5.72. The molecule has 0 aromatic heterocycles.